The maximum atomic E-state index is 12.3. The van der Waals surface area contributed by atoms with Gasteiger partial charge in [0, 0.05) is 24.0 Å². The molecule has 0 fully saturated rings. The van der Waals surface area contributed by atoms with Crippen LogP contribution in [0.3, 0.4) is 0 Å². The van der Waals surface area contributed by atoms with Crippen LogP contribution in [0.4, 0.5) is 0 Å². The first-order valence-corrected chi connectivity index (χ1v) is 6.40. The minimum absolute atomic E-state index is 0.0329. The zero-order chi connectivity index (χ0) is 13.8. The van der Waals surface area contributed by atoms with Gasteiger partial charge in [-0.2, -0.15) is 0 Å². The number of ketones is 1. The fourth-order valence-electron chi connectivity index (χ4n) is 1.93. The summed E-state index contributed by atoms with van der Waals surface area (Å²) in [5.74, 6) is 1.21. The van der Waals surface area contributed by atoms with Crippen molar-refractivity contribution in [3.63, 3.8) is 0 Å². The Kier molecular flexibility index (Phi) is 4.22. The van der Waals surface area contributed by atoms with Gasteiger partial charge < -0.3 is 9.30 Å². The van der Waals surface area contributed by atoms with E-state index in [1.807, 2.05) is 17.7 Å². The number of ether oxygens (including phenoxy) is 1. The molecule has 0 aliphatic rings. The molecule has 0 spiro atoms. The van der Waals surface area contributed by atoms with Crippen molar-refractivity contribution < 1.29 is 9.53 Å². The van der Waals surface area contributed by atoms with Gasteiger partial charge in [-0.15, -0.1) is 0 Å². The van der Waals surface area contributed by atoms with E-state index in [-0.39, 0.29) is 12.2 Å². The molecule has 5 heteroatoms. The third-order valence-electron chi connectivity index (χ3n) is 2.93. The minimum atomic E-state index is -0.0329. The second-order valence-electron chi connectivity index (χ2n) is 4.07. The summed E-state index contributed by atoms with van der Waals surface area (Å²) in [4.78, 5) is 16.5. The van der Waals surface area contributed by atoms with E-state index in [0.717, 1.165) is 12.4 Å². The number of aryl methyl sites for hydroxylation is 1. The van der Waals surface area contributed by atoms with Crippen molar-refractivity contribution in [3.05, 3.63) is 47.0 Å². The van der Waals surface area contributed by atoms with Crippen LogP contribution in [0.1, 0.15) is 23.1 Å². The lowest BCUT2D eigenvalue weighted by Crippen LogP contribution is -2.10. The van der Waals surface area contributed by atoms with Crippen molar-refractivity contribution in [1.29, 1.82) is 0 Å². The van der Waals surface area contributed by atoms with Gasteiger partial charge in [0.25, 0.3) is 0 Å². The number of carbonyl (C=O) groups excluding carboxylic acids is 1. The number of rotatable bonds is 5. The van der Waals surface area contributed by atoms with Crippen LogP contribution in [0.2, 0.25) is 5.02 Å². The highest BCUT2D eigenvalue weighted by Gasteiger charge is 2.15. The maximum Gasteiger partial charge on any atom is 0.174 e. The highest BCUT2D eigenvalue weighted by atomic mass is 35.5. The second kappa shape index (κ2) is 5.89. The number of carbonyl (C=O) groups is 1. The quantitative estimate of drug-likeness (QED) is 0.790. The van der Waals surface area contributed by atoms with E-state index in [1.54, 1.807) is 24.4 Å². The Morgan fingerprint density at radius 1 is 1.47 bits per heavy atom. The van der Waals surface area contributed by atoms with Gasteiger partial charge in [0.1, 0.15) is 11.6 Å². The largest absolute Gasteiger partial charge is 0.496 e. The van der Waals surface area contributed by atoms with Crippen LogP contribution >= 0.6 is 11.6 Å². The summed E-state index contributed by atoms with van der Waals surface area (Å²) in [7, 11) is 1.52. The summed E-state index contributed by atoms with van der Waals surface area (Å²) in [6, 6.07) is 5.01. The molecule has 0 bridgehead atoms. The first-order chi connectivity index (χ1) is 9.15. The Hall–Kier alpha value is -1.81. The number of benzene rings is 1. The monoisotopic (exact) mass is 278 g/mol. The standard InChI is InChI=1S/C14H15ClN2O2/c1-3-17-7-6-16-14(17)9-12(18)11-5-4-10(15)8-13(11)19-2/h4-8H,3,9H2,1-2H3. The Bertz CT molecular complexity index is 593. The Balaban J connectivity index is 2.25. The smallest absolute Gasteiger partial charge is 0.174 e. The lowest BCUT2D eigenvalue weighted by Gasteiger charge is -2.08. The zero-order valence-corrected chi connectivity index (χ0v) is 11.6. The molecule has 0 N–H and O–H groups in total. The van der Waals surface area contributed by atoms with E-state index >= 15 is 0 Å². The number of nitrogens with zero attached hydrogens (tertiary/aromatic N) is 2. The molecule has 2 rings (SSSR count). The summed E-state index contributed by atoms with van der Waals surface area (Å²) < 4.78 is 7.14. The van der Waals surface area contributed by atoms with Crippen molar-refractivity contribution >= 4 is 17.4 Å². The van der Waals surface area contributed by atoms with E-state index in [2.05, 4.69) is 4.98 Å². The molecular weight excluding hydrogens is 264 g/mol. The van der Waals surface area contributed by atoms with Crippen LogP contribution in [0.15, 0.2) is 30.6 Å². The molecule has 0 radical (unpaired) electrons. The lowest BCUT2D eigenvalue weighted by atomic mass is 10.1. The number of hydrogen-bond acceptors (Lipinski definition) is 3. The van der Waals surface area contributed by atoms with Crippen molar-refractivity contribution in [3.8, 4) is 5.75 Å². The zero-order valence-electron chi connectivity index (χ0n) is 10.9. The predicted molar refractivity (Wildman–Crippen MR) is 73.9 cm³/mol. The fourth-order valence-corrected chi connectivity index (χ4v) is 2.09. The molecule has 0 unspecified atom stereocenters. The number of halogens is 1. The summed E-state index contributed by atoms with van der Waals surface area (Å²) in [6.45, 7) is 2.80. The molecule has 19 heavy (non-hydrogen) atoms. The molecule has 1 aromatic heterocycles. The van der Waals surface area contributed by atoms with Crippen LogP contribution in [0, 0.1) is 0 Å². The van der Waals surface area contributed by atoms with Crippen molar-refractivity contribution in [2.24, 2.45) is 0 Å². The second-order valence-corrected chi connectivity index (χ2v) is 4.51. The van der Waals surface area contributed by atoms with Gasteiger partial charge >= 0.3 is 0 Å². The third kappa shape index (κ3) is 2.96. The molecule has 100 valence electrons. The number of methoxy groups -OCH3 is 1. The fraction of sp³-hybridized carbons (Fsp3) is 0.286. The number of hydrogen-bond donors (Lipinski definition) is 0. The van der Waals surface area contributed by atoms with Gasteiger partial charge in [-0.1, -0.05) is 11.6 Å². The average Bonchev–Trinajstić information content (AvgIpc) is 2.85. The van der Waals surface area contributed by atoms with Crippen molar-refractivity contribution in [2.75, 3.05) is 7.11 Å². The van der Waals surface area contributed by atoms with Gasteiger partial charge in [-0.05, 0) is 25.1 Å². The molecule has 0 atom stereocenters. The Morgan fingerprint density at radius 2 is 2.26 bits per heavy atom. The molecule has 2 aromatic rings. The molecule has 1 heterocycles. The molecular formula is C14H15ClN2O2. The van der Waals surface area contributed by atoms with Gasteiger partial charge in [-0.25, -0.2) is 4.98 Å². The van der Waals surface area contributed by atoms with Gasteiger partial charge in [0.15, 0.2) is 5.78 Å². The molecule has 1 aromatic carbocycles. The maximum absolute atomic E-state index is 12.3. The summed E-state index contributed by atoms with van der Waals surface area (Å²) in [5, 5.41) is 0.545. The minimum Gasteiger partial charge on any atom is -0.496 e. The SMILES string of the molecule is CCn1ccnc1CC(=O)c1ccc(Cl)cc1OC. The van der Waals surface area contributed by atoms with Crippen LogP contribution in [-0.4, -0.2) is 22.4 Å². The highest BCUT2D eigenvalue weighted by molar-refractivity contribution is 6.30. The number of imidazole rings is 1. The molecule has 0 amide bonds. The summed E-state index contributed by atoms with van der Waals surface area (Å²) >= 11 is 5.88. The van der Waals surface area contributed by atoms with Crippen LogP contribution in [0.25, 0.3) is 0 Å². The van der Waals surface area contributed by atoms with E-state index in [9.17, 15) is 4.79 Å². The van der Waals surface area contributed by atoms with E-state index in [0.29, 0.717) is 16.3 Å². The lowest BCUT2D eigenvalue weighted by molar-refractivity contribution is 0.0987. The normalized spacial score (nSPS) is 10.5. The Labute approximate surface area is 117 Å². The van der Waals surface area contributed by atoms with Crippen LogP contribution in [-0.2, 0) is 13.0 Å². The van der Waals surface area contributed by atoms with Crippen LogP contribution in [0.5, 0.6) is 5.75 Å². The molecule has 0 aliphatic carbocycles. The molecule has 0 saturated carbocycles. The highest BCUT2D eigenvalue weighted by Crippen LogP contribution is 2.24. The van der Waals surface area contributed by atoms with Crippen LogP contribution < -0.4 is 4.74 Å². The molecule has 0 saturated heterocycles. The first-order valence-electron chi connectivity index (χ1n) is 6.02. The number of Topliss-reactive ketones (excluding diaryl/α,β-unsaturated/α-hetero) is 1. The Morgan fingerprint density at radius 3 is 2.95 bits per heavy atom. The first kappa shape index (κ1) is 13.6. The third-order valence-corrected chi connectivity index (χ3v) is 3.16. The van der Waals surface area contributed by atoms with E-state index in [4.69, 9.17) is 16.3 Å². The van der Waals surface area contributed by atoms with E-state index in [1.165, 1.54) is 7.11 Å². The van der Waals surface area contributed by atoms with Crippen molar-refractivity contribution in [2.45, 2.75) is 19.9 Å². The van der Waals surface area contributed by atoms with E-state index < -0.39 is 0 Å². The van der Waals surface area contributed by atoms with Gasteiger partial charge in [-0.3, -0.25) is 4.79 Å². The van der Waals surface area contributed by atoms with Crippen molar-refractivity contribution in [1.82, 2.24) is 9.55 Å². The van der Waals surface area contributed by atoms with Gasteiger partial charge in [0.2, 0.25) is 0 Å². The average molecular weight is 279 g/mol. The molecule has 4 nitrogen and oxygen atoms in total. The van der Waals surface area contributed by atoms with Gasteiger partial charge in [0.05, 0.1) is 19.1 Å². The number of aromatic nitrogens is 2. The summed E-state index contributed by atoms with van der Waals surface area (Å²) in [6.07, 6.45) is 3.81. The predicted octanol–water partition coefficient (Wildman–Crippen LogP) is 2.99. The molecule has 0 aliphatic heterocycles. The summed E-state index contributed by atoms with van der Waals surface area (Å²) in [5.41, 5.74) is 0.526. The topological polar surface area (TPSA) is 44.1 Å².